The van der Waals surface area contributed by atoms with Crippen LogP contribution in [0.4, 0.5) is 0 Å². The minimum Gasteiger partial charge on any atom is -0.350 e. The molecule has 0 aromatic heterocycles. The highest BCUT2D eigenvalue weighted by Crippen LogP contribution is 2.26. The third kappa shape index (κ3) is 3.19. The maximum absolute atomic E-state index is 12.3. The second-order valence-corrected chi connectivity index (χ2v) is 5.49. The number of likely N-dealkylation sites (tertiary alicyclic amines) is 1. The zero-order valence-corrected chi connectivity index (χ0v) is 11.7. The Hall–Kier alpha value is -1.39. The van der Waals surface area contributed by atoms with Gasteiger partial charge < -0.3 is 14.4 Å². The fraction of sp³-hybridized carbons (Fsp3) is 0.562. The first kappa shape index (κ1) is 13.6. The van der Waals surface area contributed by atoms with E-state index >= 15 is 0 Å². The lowest BCUT2D eigenvalue weighted by molar-refractivity contribution is -0.136. The van der Waals surface area contributed by atoms with E-state index in [1.807, 2.05) is 35.2 Å². The Bertz CT molecular complexity index is 434. The number of carbonyl (C=O) groups is 1. The van der Waals surface area contributed by atoms with E-state index in [1.54, 1.807) is 0 Å². The molecule has 0 atom stereocenters. The summed E-state index contributed by atoms with van der Waals surface area (Å²) in [6.07, 6.45) is 2.42. The van der Waals surface area contributed by atoms with E-state index in [9.17, 15) is 4.79 Å². The van der Waals surface area contributed by atoms with Crippen molar-refractivity contribution in [3.8, 4) is 0 Å². The minimum atomic E-state index is -0.0404. The van der Waals surface area contributed by atoms with E-state index in [0.29, 0.717) is 25.6 Å². The Morgan fingerprint density at radius 2 is 1.75 bits per heavy atom. The highest BCUT2D eigenvalue weighted by Gasteiger charge is 2.31. The Kier molecular flexibility index (Phi) is 4.33. The van der Waals surface area contributed by atoms with Crippen LogP contribution in [-0.4, -0.2) is 43.4 Å². The molecule has 1 aromatic carbocycles. The van der Waals surface area contributed by atoms with Gasteiger partial charge in [0.05, 0.1) is 19.6 Å². The topological polar surface area (TPSA) is 38.8 Å². The van der Waals surface area contributed by atoms with Gasteiger partial charge in [0.1, 0.15) is 0 Å². The third-order valence-electron chi connectivity index (χ3n) is 4.12. The molecule has 0 N–H and O–H groups in total. The molecule has 2 aliphatic rings. The van der Waals surface area contributed by atoms with Crippen molar-refractivity contribution in [3.05, 3.63) is 35.9 Å². The van der Waals surface area contributed by atoms with Gasteiger partial charge in [-0.05, 0) is 18.4 Å². The molecule has 0 radical (unpaired) electrons. The monoisotopic (exact) mass is 275 g/mol. The van der Waals surface area contributed by atoms with Crippen molar-refractivity contribution in [2.75, 3.05) is 26.3 Å². The van der Waals surface area contributed by atoms with E-state index in [-0.39, 0.29) is 12.2 Å². The van der Waals surface area contributed by atoms with Crippen molar-refractivity contribution in [2.45, 2.75) is 25.6 Å². The summed E-state index contributed by atoms with van der Waals surface area (Å²) >= 11 is 0. The highest BCUT2D eigenvalue weighted by atomic mass is 16.7. The summed E-state index contributed by atoms with van der Waals surface area (Å²) in [5, 5.41) is 0. The zero-order chi connectivity index (χ0) is 13.8. The van der Waals surface area contributed by atoms with E-state index in [0.717, 1.165) is 31.5 Å². The maximum atomic E-state index is 12.3. The second-order valence-electron chi connectivity index (χ2n) is 5.49. The zero-order valence-electron chi connectivity index (χ0n) is 11.7. The van der Waals surface area contributed by atoms with Crippen LogP contribution in [0.25, 0.3) is 0 Å². The molecule has 0 unspecified atom stereocenters. The number of hydrogen-bond donors (Lipinski definition) is 0. The van der Waals surface area contributed by atoms with Gasteiger partial charge in [-0.15, -0.1) is 0 Å². The quantitative estimate of drug-likeness (QED) is 0.845. The molecule has 0 spiro atoms. The summed E-state index contributed by atoms with van der Waals surface area (Å²) in [5.74, 6) is 0.668. The molecule has 1 aromatic rings. The Balaban J connectivity index is 1.49. The van der Waals surface area contributed by atoms with Crippen LogP contribution in [0.5, 0.6) is 0 Å². The molecular formula is C16H21NO3. The van der Waals surface area contributed by atoms with Crippen molar-refractivity contribution in [1.29, 1.82) is 0 Å². The standard InChI is InChI=1S/C16H21NO3/c18-15(12-13-4-2-1-3-5-13)17-8-6-14(7-9-17)16-19-10-11-20-16/h1-5,14,16H,6-12H2. The third-order valence-corrected chi connectivity index (χ3v) is 4.12. The molecule has 4 nitrogen and oxygen atoms in total. The van der Waals surface area contributed by atoms with Crippen molar-refractivity contribution in [1.82, 2.24) is 4.90 Å². The van der Waals surface area contributed by atoms with E-state index in [2.05, 4.69) is 0 Å². The molecule has 2 saturated heterocycles. The van der Waals surface area contributed by atoms with Gasteiger partial charge >= 0.3 is 0 Å². The smallest absolute Gasteiger partial charge is 0.226 e. The first-order valence-corrected chi connectivity index (χ1v) is 7.38. The first-order chi connectivity index (χ1) is 9.83. The second kappa shape index (κ2) is 6.37. The van der Waals surface area contributed by atoms with Crippen LogP contribution in [-0.2, 0) is 20.7 Å². The fourth-order valence-electron chi connectivity index (χ4n) is 2.95. The van der Waals surface area contributed by atoms with Gasteiger partial charge in [0, 0.05) is 19.0 Å². The fourth-order valence-corrected chi connectivity index (χ4v) is 2.95. The number of ether oxygens (including phenoxy) is 2. The van der Waals surface area contributed by atoms with Crippen LogP contribution in [0.15, 0.2) is 30.3 Å². The summed E-state index contributed by atoms with van der Waals surface area (Å²) in [7, 11) is 0. The van der Waals surface area contributed by atoms with Gasteiger partial charge in [0.15, 0.2) is 6.29 Å². The van der Waals surface area contributed by atoms with E-state index in [1.165, 1.54) is 0 Å². The maximum Gasteiger partial charge on any atom is 0.226 e. The molecule has 1 amide bonds. The SMILES string of the molecule is O=C(Cc1ccccc1)N1CCC(C2OCCO2)CC1. The van der Waals surface area contributed by atoms with Gasteiger partial charge in [-0.2, -0.15) is 0 Å². The number of amides is 1. The van der Waals surface area contributed by atoms with Crippen molar-refractivity contribution in [2.24, 2.45) is 5.92 Å². The van der Waals surface area contributed by atoms with Gasteiger partial charge in [-0.1, -0.05) is 30.3 Å². The molecule has 3 rings (SSSR count). The Labute approximate surface area is 119 Å². The molecule has 4 heteroatoms. The van der Waals surface area contributed by atoms with Gasteiger partial charge in [0.25, 0.3) is 0 Å². The van der Waals surface area contributed by atoms with E-state index in [4.69, 9.17) is 9.47 Å². The first-order valence-electron chi connectivity index (χ1n) is 7.38. The predicted octanol–water partition coefficient (Wildman–Crippen LogP) is 1.84. The lowest BCUT2D eigenvalue weighted by Crippen LogP contribution is -2.42. The number of carbonyl (C=O) groups excluding carboxylic acids is 1. The Morgan fingerprint density at radius 1 is 1.10 bits per heavy atom. The number of hydrogen-bond acceptors (Lipinski definition) is 3. The Morgan fingerprint density at radius 3 is 2.40 bits per heavy atom. The molecule has 0 aliphatic carbocycles. The largest absolute Gasteiger partial charge is 0.350 e. The van der Waals surface area contributed by atoms with Crippen molar-refractivity contribution in [3.63, 3.8) is 0 Å². The summed E-state index contributed by atoms with van der Waals surface area (Å²) in [5.41, 5.74) is 1.09. The lowest BCUT2D eigenvalue weighted by Gasteiger charge is -2.34. The van der Waals surface area contributed by atoms with Crippen LogP contribution in [0.1, 0.15) is 18.4 Å². The highest BCUT2D eigenvalue weighted by molar-refractivity contribution is 5.78. The molecule has 20 heavy (non-hydrogen) atoms. The van der Waals surface area contributed by atoms with Crippen LogP contribution in [0.3, 0.4) is 0 Å². The number of piperidine rings is 1. The van der Waals surface area contributed by atoms with Crippen LogP contribution < -0.4 is 0 Å². The molecule has 2 aliphatic heterocycles. The summed E-state index contributed by atoms with van der Waals surface area (Å²) in [6, 6.07) is 9.93. The van der Waals surface area contributed by atoms with Gasteiger partial charge in [-0.25, -0.2) is 0 Å². The summed E-state index contributed by atoms with van der Waals surface area (Å²) < 4.78 is 11.1. The minimum absolute atomic E-state index is 0.0404. The van der Waals surface area contributed by atoms with E-state index < -0.39 is 0 Å². The van der Waals surface area contributed by atoms with Gasteiger partial charge in [-0.3, -0.25) is 4.79 Å². The predicted molar refractivity (Wildman–Crippen MR) is 75.1 cm³/mol. The van der Waals surface area contributed by atoms with Crippen molar-refractivity contribution >= 4 is 5.91 Å². The molecule has 0 bridgehead atoms. The molecule has 0 saturated carbocycles. The van der Waals surface area contributed by atoms with Gasteiger partial charge in [0.2, 0.25) is 5.91 Å². The number of nitrogens with zero attached hydrogens (tertiary/aromatic N) is 1. The van der Waals surface area contributed by atoms with Crippen molar-refractivity contribution < 1.29 is 14.3 Å². The number of benzene rings is 1. The molecule has 108 valence electrons. The molecular weight excluding hydrogens is 254 g/mol. The molecule has 2 fully saturated rings. The normalized spacial score (nSPS) is 21.3. The number of rotatable bonds is 3. The van der Waals surface area contributed by atoms with Crippen LogP contribution >= 0.6 is 0 Å². The van der Waals surface area contributed by atoms with Crippen LogP contribution in [0.2, 0.25) is 0 Å². The average molecular weight is 275 g/mol. The summed E-state index contributed by atoms with van der Waals surface area (Å²) in [6.45, 7) is 3.05. The molecule has 2 heterocycles. The lowest BCUT2D eigenvalue weighted by atomic mass is 9.95. The average Bonchev–Trinajstić information content (AvgIpc) is 3.03. The van der Waals surface area contributed by atoms with Crippen LogP contribution in [0, 0.1) is 5.92 Å². The summed E-state index contributed by atoms with van der Waals surface area (Å²) in [4.78, 5) is 14.2.